The Hall–Kier alpha value is -1.20. The molecule has 17 heavy (non-hydrogen) atoms. The van der Waals surface area contributed by atoms with Gasteiger partial charge in [-0.05, 0) is 25.0 Å². The van der Waals surface area contributed by atoms with Gasteiger partial charge in [-0.25, -0.2) is 0 Å². The highest BCUT2D eigenvalue weighted by atomic mass is 32.2. The smallest absolute Gasteiger partial charge is 0.264 e. The van der Waals surface area contributed by atoms with E-state index in [1.165, 1.54) is 0 Å². The number of rotatable bonds is 7. The van der Waals surface area contributed by atoms with Crippen LogP contribution in [0.15, 0.2) is 37.1 Å². The summed E-state index contributed by atoms with van der Waals surface area (Å²) >= 11 is 0. The van der Waals surface area contributed by atoms with Crippen LogP contribution in [0.1, 0.15) is 30.9 Å². The highest BCUT2D eigenvalue weighted by Gasteiger charge is 2.09. The molecule has 1 aromatic heterocycles. The standard InChI is InChI=1S/C12H17NO3S/c1-2-11(12-8-3-5-9-13-12)7-4-6-10-17(14,15)16/h2-3,5,8-9,11H,1,4,6-7,10H2,(H,14,15,16). The first-order chi connectivity index (χ1) is 8.03. The first kappa shape index (κ1) is 13.9. The molecule has 0 bridgehead atoms. The Bertz CT molecular complexity index is 442. The van der Waals surface area contributed by atoms with E-state index in [0.717, 1.165) is 12.1 Å². The number of pyridine rings is 1. The molecule has 0 aliphatic carbocycles. The van der Waals surface area contributed by atoms with E-state index >= 15 is 0 Å². The molecule has 1 unspecified atom stereocenters. The molecule has 0 aromatic carbocycles. The van der Waals surface area contributed by atoms with Gasteiger partial charge in [-0.15, -0.1) is 6.58 Å². The maximum atomic E-state index is 10.5. The maximum absolute atomic E-state index is 10.5. The second-order valence-corrected chi connectivity index (χ2v) is 5.45. The summed E-state index contributed by atoms with van der Waals surface area (Å²) in [6.45, 7) is 3.76. The molecule has 94 valence electrons. The largest absolute Gasteiger partial charge is 0.286 e. The Morgan fingerprint density at radius 1 is 1.41 bits per heavy atom. The fourth-order valence-corrected chi connectivity index (χ4v) is 2.20. The van der Waals surface area contributed by atoms with E-state index in [-0.39, 0.29) is 11.7 Å². The number of hydrogen-bond acceptors (Lipinski definition) is 3. The van der Waals surface area contributed by atoms with Gasteiger partial charge in [-0.2, -0.15) is 8.42 Å². The van der Waals surface area contributed by atoms with Crippen LogP contribution < -0.4 is 0 Å². The van der Waals surface area contributed by atoms with Gasteiger partial charge in [0.05, 0.1) is 5.75 Å². The zero-order chi connectivity index (χ0) is 12.7. The lowest BCUT2D eigenvalue weighted by atomic mass is 9.98. The lowest BCUT2D eigenvalue weighted by Gasteiger charge is -2.10. The van der Waals surface area contributed by atoms with Crippen LogP contribution in [0.5, 0.6) is 0 Å². The van der Waals surface area contributed by atoms with Gasteiger partial charge in [0.1, 0.15) is 0 Å². The minimum absolute atomic E-state index is 0.137. The van der Waals surface area contributed by atoms with Gasteiger partial charge >= 0.3 is 0 Å². The van der Waals surface area contributed by atoms with E-state index in [1.54, 1.807) is 6.20 Å². The van der Waals surface area contributed by atoms with Crippen molar-refractivity contribution in [3.63, 3.8) is 0 Å². The Labute approximate surface area is 102 Å². The van der Waals surface area contributed by atoms with Crippen LogP contribution in [0, 0.1) is 0 Å². The molecular weight excluding hydrogens is 238 g/mol. The average molecular weight is 255 g/mol. The van der Waals surface area contributed by atoms with Gasteiger partial charge in [0.2, 0.25) is 0 Å². The molecule has 4 nitrogen and oxygen atoms in total. The molecule has 0 fully saturated rings. The first-order valence-electron chi connectivity index (χ1n) is 5.51. The molecule has 1 rings (SSSR count). The summed E-state index contributed by atoms with van der Waals surface area (Å²) in [5.41, 5.74) is 0.939. The van der Waals surface area contributed by atoms with E-state index in [0.29, 0.717) is 12.8 Å². The number of hydrogen-bond donors (Lipinski definition) is 1. The van der Waals surface area contributed by atoms with Crippen LogP contribution in [0.3, 0.4) is 0 Å². The quantitative estimate of drug-likeness (QED) is 0.461. The molecular formula is C12H17NO3S. The average Bonchev–Trinajstić information content (AvgIpc) is 2.29. The van der Waals surface area contributed by atoms with Crippen LogP contribution in [0.25, 0.3) is 0 Å². The highest BCUT2D eigenvalue weighted by Crippen LogP contribution is 2.20. The molecule has 1 aromatic rings. The van der Waals surface area contributed by atoms with Gasteiger partial charge in [-0.1, -0.05) is 18.6 Å². The number of nitrogens with zero attached hydrogens (tertiary/aromatic N) is 1. The van der Waals surface area contributed by atoms with Gasteiger partial charge in [0.25, 0.3) is 10.1 Å². The fraction of sp³-hybridized carbons (Fsp3) is 0.417. The van der Waals surface area contributed by atoms with Gasteiger partial charge in [0.15, 0.2) is 0 Å². The summed E-state index contributed by atoms with van der Waals surface area (Å²) in [6.07, 6.45) is 5.50. The molecule has 0 amide bonds. The minimum Gasteiger partial charge on any atom is -0.286 e. The topological polar surface area (TPSA) is 67.3 Å². The maximum Gasteiger partial charge on any atom is 0.264 e. The summed E-state index contributed by atoms with van der Waals surface area (Å²) in [4.78, 5) is 4.24. The van der Waals surface area contributed by atoms with Crippen molar-refractivity contribution in [2.75, 3.05) is 5.75 Å². The third kappa shape index (κ3) is 5.60. The van der Waals surface area contributed by atoms with Gasteiger partial charge in [-0.3, -0.25) is 9.54 Å². The Morgan fingerprint density at radius 3 is 2.71 bits per heavy atom. The monoisotopic (exact) mass is 255 g/mol. The van der Waals surface area contributed by atoms with E-state index in [4.69, 9.17) is 4.55 Å². The molecule has 0 aliphatic rings. The highest BCUT2D eigenvalue weighted by molar-refractivity contribution is 7.85. The van der Waals surface area contributed by atoms with Crippen LogP contribution in [0.2, 0.25) is 0 Å². The van der Waals surface area contributed by atoms with Crippen LogP contribution in [0.4, 0.5) is 0 Å². The van der Waals surface area contributed by atoms with Crippen LogP contribution in [-0.4, -0.2) is 23.7 Å². The van der Waals surface area contributed by atoms with E-state index in [9.17, 15) is 8.42 Å². The van der Waals surface area contributed by atoms with E-state index in [1.807, 2.05) is 24.3 Å². The zero-order valence-corrected chi connectivity index (χ0v) is 10.4. The van der Waals surface area contributed by atoms with Crippen molar-refractivity contribution in [1.82, 2.24) is 4.98 Å². The third-order valence-electron chi connectivity index (χ3n) is 2.52. The summed E-state index contributed by atoms with van der Waals surface area (Å²) in [7, 11) is -3.83. The lowest BCUT2D eigenvalue weighted by Crippen LogP contribution is -2.04. The zero-order valence-electron chi connectivity index (χ0n) is 9.62. The second kappa shape index (κ2) is 6.51. The van der Waals surface area contributed by atoms with Crippen molar-refractivity contribution >= 4 is 10.1 Å². The molecule has 0 saturated carbocycles. The Morgan fingerprint density at radius 2 is 2.18 bits per heavy atom. The number of aromatic nitrogens is 1. The van der Waals surface area contributed by atoms with Crippen molar-refractivity contribution in [2.24, 2.45) is 0 Å². The molecule has 1 atom stereocenters. The van der Waals surface area contributed by atoms with Gasteiger partial charge < -0.3 is 0 Å². The van der Waals surface area contributed by atoms with Crippen molar-refractivity contribution < 1.29 is 13.0 Å². The molecule has 0 aliphatic heterocycles. The minimum atomic E-state index is -3.83. The number of unbranched alkanes of at least 4 members (excludes halogenated alkanes) is 1. The predicted octanol–water partition coefficient (Wildman–Crippen LogP) is 2.41. The fourth-order valence-electron chi connectivity index (χ4n) is 1.63. The summed E-state index contributed by atoms with van der Waals surface area (Å²) in [5, 5.41) is 0. The Kier molecular flexibility index (Phi) is 5.31. The SMILES string of the molecule is C=CC(CCCCS(=O)(=O)O)c1ccccn1. The second-order valence-electron chi connectivity index (χ2n) is 3.88. The van der Waals surface area contributed by atoms with Crippen molar-refractivity contribution in [3.05, 3.63) is 42.7 Å². The Balaban J connectivity index is 2.42. The van der Waals surface area contributed by atoms with Gasteiger partial charge in [0, 0.05) is 17.8 Å². The van der Waals surface area contributed by atoms with Crippen LogP contribution >= 0.6 is 0 Å². The molecule has 0 spiro atoms. The van der Waals surface area contributed by atoms with Crippen LogP contribution in [-0.2, 0) is 10.1 Å². The molecule has 0 saturated heterocycles. The number of allylic oxidation sites excluding steroid dienone is 1. The van der Waals surface area contributed by atoms with E-state index < -0.39 is 10.1 Å². The molecule has 1 heterocycles. The summed E-state index contributed by atoms with van der Waals surface area (Å²) < 4.78 is 29.7. The molecule has 0 radical (unpaired) electrons. The third-order valence-corrected chi connectivity index (χ3v) is 3.32. The lowest BCUT2D eigenvalue weighted by molar-refractivity contribution is 0.479. The summed E-state index contributed by atoms with van der Waals surface area (Å²) in [6, 6.07) is 5.69. The van der Waals surface area contributed by atoms with E-state index in [2.05, 4.69) is 11.6 Å². The molecule has 1 N–H and O–H groups in total. The predicted molar refractivity (Wildman–Crippen MR) is 67.4 cm³/mol. The summed E-state index contributed by atoms with van der Waals surface area (Å²) in [5.74, 6) is -0.0448. The van der Waals surface area contributed by atoms with Crippen molar-refractivity contribution in [2.45, 2.75) is 25.2 Å². The normalized spacial score (nSPS) is 13.2. The molecule has 5 heteroatoms. The van der Waals surface area contributed by atoms with Crippen molar-refractivity contribution in [1.29, 1.82) is 0 Å². The van der Waals surface area contributed by atoms with Crippen molar-refractivity contribution in [3.8, 4) is 0 Å². The first-order valence-corrected chi connectivity index (χ1v) is 7.12.